The minimum absolute atomic E-state index is 0.0296. The van der Waals surface area contributed by atoms with E-state index in [4.69, 9.17) is 15.9 Å². The zero-order chi connectivity index (χ0) is 15.5. The first kappa shape index (κ1) is 13.5. The molecule has 3 rings (SSSR count). The van der Waals surface area contributed by atoms with Gasteiger partial charge in [-0.1, -0.05) is 0 Å². The number of rotatable bonds is 0. The number of nitrogens with two attached hydrogens (primary N) is 2. The average molecular weight is 282 g/mol. The number of fused-ring (bicyclic) bond motifs is 2. The highest BCUT2D eigenvalue weighted by Crippen LogP contribution is 2.33. The summed E-state index contributed by atoms with van der Waals surface area (Å²) < 4.78 is 6.03. The Bertz CT molecular complexity index is 969. The number of benzene rings is 2. The number of nitrogen functional groups attached to an aromatic ring is 2. The lowest BCUT2D eigenvalue weighted by atomic mass is 9.97. The van der Waals surface area contributed by atoms with Crippen LogP contribution in [0.4, 0.5) is 11.4 Å². The highest BCUT2D eigenvalue weighted by molar-refractivity contribution is 5.97. The highest BCUT2D eigenvalue weighted by atomic mass is 16.3. The van der Waals surface area contributed by atoms with Crippen LogP contribution in [0.1, 0.15) is 22.3 Å². The van der Waals surface area contributed by atoms with E-state index in [1.54, 1.807) is 12.1 Å². The maximum Gasteiger partial charge on any atom is 0.200 e. The molecule has 21 heavy (non-hydrogen) atoms. The molecule has 0 aliphatic heterocycles. The van der Waals surface area contributed by atoms with Crippen LogP contribution < -0.4 is 16.9 Å². The van der Waals surface area contributed by atoms with Gasteiger partial charge < -0.3 is 15.9 Å². The van der Waals surface area contributed by atoms with E-state index >= 15 is 0 Å². The van der Waals surface area contributed by atoms with Crippen molar-refractivity contribution in [2.45, 2.75) is 27.7 Å². The van der Waals surface area contributed by atoms with Gasteiger partial charge in [0.25, 0.3) is 0 Å². The molecule has 4 N–H and O–H groups in total. The summed E-state index contributed by atoms with van der Waals surface area (Å²) in [5.74, 6) is 0. The lowest BCUT2D eigenvalue weighted by Gasteiger charge is -2.14. The van der Waals surface area contributed by atoms with Crippen LogP contribution >= 0.6 is 0 Å². The molecule has 4 nitrogen and oxygen atoms in total. The molecule has 3 aromatic rings. The summed E-state index contributed by atoms with van der Waals surface area (Å²) in [7, 11) is 0. The van der Waals surface area contributed by atoms with Gasteiger partial charge in [0.2, 0.25) is 5.43 Å². The summed E-state index contributed by atoms with van der Waals surface area (Å²) in [6, 6.07) is 3.47. The van der Waals surface area contributed by atoms with E-state index in [-0.39, 0.29) is 5.43 Å². The zero-order valence-electron chi connectivity index (χ0n) is 12.6. The summed E-state index contributed by atoms with van der Waals surface area (Å²) >= 11 is 0. The van der Waals surface area contributed by atoms with E-state index in [1.807, 2.05) is 27.7 Å². The van der Waals surface area contributed by atoms with Crippen molar-refractivity contribution >= 4 is 33.3 Å². The van der Waals surface area contributed by atoms with E-state index < -0.39 is 0 Å². The molecule has 0 unspecified atom stereocenters. The van der Waals surface area contributed by atoms with E-state index in [0.717, 1.165) is 22.3 Å². The van der Waals surface area contributed by atoms with Gasteiger partial charge in [-0.15, -0.1) is 0 Å². The van der Waals surface area contributed by atoms with Crippen LogP contribution in [0.2, 0.25) is 0 Å². The fraction of sp³-hybridized carbons (Fsp3) is 0.235. The highest BCUT2D eigenvalue weighted by Gasteiger charge is 2.18. The molecular weight excluding hydrogens is 264 g/mol. The van der Waals surface area contributed by atoms with Gasteiger partial charge in [-0.3, -0.25) is 4.79 Å². The van der Waals surface area contributed by atoms with Crippen molar-refractivity contribution in [1.29, 1.82) is 0 Å². The van der Waals surface area contributed by atoms with Gasteiger partial charge in [-0.05, 0) is 51.0 Å². The van der Waals surface area contributed by atoms with E-state index in [0.29, 0.717) is 33.3 Å². The Balaban J connectivity index is 2.71. The third kappa shape index (κ3) is 1.65. The Morgan fingerprint density at radius 2 is 1.52 bits per heavy atom. The van der Waals surface area contributed by atoms with Crippen LogP contribution in [-0.2, 0) is 0 Å². The first-order valence-corrected chi connectivity index (χ1v) is 6.85. The number of hydrogen-bond acceptors (Lipinski definition) is 4. The largest absolute Gasteiger partial charge is 0.455 e. The van der Waals surface area contributed by atoms with E-state index in [2.05, 4.69) is 0 Å². The molecule has 0 aliphatic rings. The second kappa shape index (κ2) is 4.25. The number of aryl methyl sites for hydroxylation is 3. The molecular formula is C17H18N2O2. The minimum atomic E-state index is -0.0296. The van der Waals surface area contributed by atoms with Crippen LogP contribution in [0.25, 0.3) is 21.9 Å². The number of hydrogen-bond donors (Lipinski definition) is 2. The van der Waals surface area contributed by atoms with Gasteiger partial charge in [0.15, 0.2) is 0 Å². The predicted octanol–water partition coefficient (Wildman–Crippen LogP) is 3.34. The third-order valence-electron chi connectivity index (χ3n) is 4.44. The number of anilines is 2. The Morgan fingerprint density at radius 1 is 0.857 bits per heavy atom. The second-order valence-corrected chi connectivity index (χ2v) is 5.58. The standard InChI is InChI=1S/C17H18N2O2/c1-7-8(2)14(19)10(4)17-13(7)15(20)11-5-6-12(18)9(3)16(11)21-17/h5-6H,18-19H2,1-4H3. The van der Waals surface area contributed by atoms with Gasteiger partial charge in [0.05, 0.1) is 10.8 Å². The molecule has 1 heterocycles. The van der Waals surface area contributed by atoms with Crippen molar-refractivity contribution in [3.05, 3.63) is 44.6 Å². The zero-order valence-corrected chi connectivity index (χ0v) is 12.6. The van der Waals surface area contributed by atoms with Crippen molar-refractivity contribution in [3.63, 3.8) is 0 Å². The Hall–Kier alpha value is -2.49. The van der Waals surface area contributed by atoms with Crippen LogP contribution in [-0.4, -0.2) is 0 Å². The fourth-order valence-corrected chi connectivity index (χ4v) is 2.81. The normalized spacial score (nSPS) is 11.4. The SMILES string of the molecule is Cc1c(N)c(C)c2oc3c(C)c(N)ccc3c(=O)c2c1C. The lowest BCUT2D eigenvalue weighted by molar-refractivity contribution is 0.654. The summed E-state index contributed by atoms with van der Waals surface area (Å²) in [5.41, 5.74) is 17.8. The van der Waals surface area contributed by atoms with Crippen molar-refractivity contribution in [2.75, 3.05) is 11.5 Å². The van der Waals surface area contributed by atoms with Crippen molar-refractivity contribution in [2.24, 2.45) is 0 Å². The smallest absolute Gasteiger partial charge is 0.200 e. The van der Waals surface area contributed by atoms with Gasteiger partial charge in [0, 0.05) is 22.5 Å². The summed E-state index contributed by atoms with van der Waals surface area (Å²) in [6.07, 6.45) is 0. The van der Waals surface area contributed by atoms with E-state index in [9.17, 15) is 4.79 Å². The predicted molar refractivity (Wildman–Crippen MR) is 87.8 cm³/mol. The first-order chi connectivity index (χ1) is 9.84. The molecule has 4 heteroatoms. The average Bonchev–Trinajstić information content (AvgIpc) is 2.46. The van der Waals surface area contributed by atoms with Gasteiger partial charge in [-0.25, -0.2) is 0 Å². The van der Waals surface area contributed by atoms with Crippen LogP contribution in [0.15, 0.2) is 21.3 Å². The molecule has 108 valence electrons. The minimum Gasteiger partial charge on any atom is -0.455 e. The molecule has 0 fully saturated rings. The van der Waals surface area contributed by atoms with Crippen molar-refractivity contribution < 1.29 is 4.42 Å². The topological polar surface area (TPSA) is 82.2 Å². The molecule has 2 aromatic carbocycles. The van der Waals surface area contributed by atoms with E-state index in [1.165, 1.54) is 0 Å². The third-order valence-corrected chi connectivity index (χ3v) is 4.44. The Kier molecular flexibility index (Phi) is 2.73. The van der Waals surface area contributed by atoms with Crippen molar-refractivity contribution in [1.82, 2.24) is 0 Å². The lowest BCUT2D eigenvalue weighted by Crippen LogP contribution is -2.09. The van der Waals surface area contributed by atoms with Gasteiger partial charge in [0.1, 0.15) is 11.2 Å². The molecule has 0 atom stereocenters. The molecule has 0 bridgehead atoms. The molecule has 0 aliphatic carbocycles. The van der Waals surface area contributed by atoms with Crippen LogP contribution in [0, 0.1) is 27.7 Å². The van der Waals surface area contributed by atoms with Crippen LogP contribution in [0.3, 0.4) is 0 Å². The quantitative estimate of drug-likeness (QED) is 0.489. The van der Waals surface area contributed by atoms with Crippen molar-refractivity contribution in [3.8, 4) is 0 Å². The molecule has 0 amide bonds. The summed E-state index contributed by atoms with van der Waals surface area (Å²) in [4.78, 5) is 12.8. The maximum absolute atomic E-state index is 12.8. The Morgan fingerprint density at radius 3 is 2.19 bits per heavy atom. The van der Waals surface area contributed by atoms with Gasteiger partial charge >= 0.3 is 0 Å². The van der Waals surface area contributed by atoms with Crippen LogP contribution in [0.5, 0.6) is 0 Å². The Labute approximate surface area is 122 Å². The molecule has 1 aromatic heterocycles. The second-order valence-electron chi connectivity index (χ2n) is 5.58. The fourth-order valence-electron chi connectivity index (χ4n) is 2.81. The van der Waals surface area contributed by atoms with Gasteiger partial charge in [-0.2, -0.15) is 0 Å². The first-order valence-electron chi connectivity index (χ1n) is 6.85. The molecule has 0 spiro atoms. The maximum atomic E-state index is 12.8. The molecule has 0 saturated heterocycles. The summed E-state index contributed by atoms with van der Waals surface area (Å²) in [6.45, 7) is 7.56. The molecule has 0 saturated carbocycles. The monoisotopic (exact) mass is 282 g/mol. The summed E-state index contributed by atoms with van der Waals surface area (Å²) in [5, 5.41) is 1.16. The molecule has 0 radical (unpaired) electrons.